The molecular weight excluding hydrogens is 364 g/mol. The Labute approximate surface area is 169 Å². The molecule has 3 aromatic rings. The molecule has 146 valence electrons. The standard InChI is InChI=1S/C24H22N2O3/c1-25(2)13-17-11-15-9-10-26(14-22(15)29-17)24(28)16-7-8-19-18-5-3-4-6-20(18)23(27)21(19)12-16/h3-8,11-12H,9-10,13-14H2,1-2H3. The van der Waals surface area contributed by atoms with Crippen LogP contribution >= 0.6 is 0 Å². The second-order valence-corrected chi connectivity index (χ2v) is 8.01. The third-order valence-corrected chi connectivity index (χ3v) is 5.67. The maximum absolute atomic E-state index is 13.1. The quantitative estimate of drug-likeness (QED) is 0.538. The number of carbonyl (C=O) groups excluding carboxylic acids is 2. The number of benzene rings is 2. The molecular formula is C24H22N2O3. The number of hydrogen-bond acceptors (Lipinski definition) is 4. The molecule has 0 N–H and O–H groups in total. The molecule has 0 bridgehead atoms. The molecule has 5 heteroatoms. The largest absolute Gasteiger partial charge is 0.463 e. The number of carbonyl (C=O) groups is 2. The van der Waals surface area contributed by atoms with Crippen molar-refractivity contribution < 1.29 is 14.0 Å². The fraction of sp³-hybridized carbons (Fsp3) is 0.250. The molecule has 5 nitrogen and oxygen atoms in total. The van der Waals surface area contributed by atoms with Gasteiger partial charge in [0.2, 0.25) is 0 Å². The van der Waals surface area contributed by atoms with Crippen molar-refractivity contribution in [2.75, 3.05) is 20.6 Å². The van der Waals surface area contributed by atoms with E-state index in [0.717, 1.165) is 35.6 Å². The maximum atomic E-state index is 13.1. The van der Waals surface area contributed by atoms with Crippen molar-refractivity contribution in [2.45, 2.75) is 19.5 Å². The van der Waals surface area contributed by atoms with Crippen molar-refractivity contribution in [3.8, 4) is 11.1 Å². The van der Waals surface area contributed by atoms with Crippen molar-refractivity contribution in [3.63, 3.8) is 0 Å². The van der Waals surface area contributed by atoms with Crippen LogP contribution in [0, 0.1) is 0 Å². The minimum Gasteiger partial charge on any atom is -0.463 e. The van der Waals surface area contributed by atoms with Crippen LogP contribution in [-0.2, 0) is 19.5 Å². The van der Waals surface area contributed by atoms with Crippen LogP contribution < -0.4 is 0 Å². The van der Waals surface area contributed by atoms with Crippen LogP contribution in [0.3, 0.4) is 0 Å². The normalized spacial score (nSPS) is 14.7. The van der Waals surface area contributed by atoms with Crippen molar-refractivity contribution in [1.82, 2.24) is 9.80 Å². The van der Waals surface area contributed by atoms with Gasteiger partial charge in [-0.05, 0) is 55.4 Å². The van der Waals surface area contributed by atoms with E-state index in [2.05, 4.69) is 11.0 Å². The average molecular weight is 386 g/mol. The topological polar surface area (TPSA) is 53.8 Å². The maximum Gasteiger partial charge on any atom is 0.254 e. The summed E-state index contributed by atoms with van der Waals surface area (Å²) in [5.41, 5.74) is 4.90. The molecule has 0 spiro atoms. The summed E-state index contributed by atoms with van der Waals surface area (Å²) in [4.78, 5) is 29.8. The highest BCUT2D eigenvalue weighted by molar-refractivity contribution is 6.22. The van der Waals surface area contributed by atoms with Gasteiger partial charge in [-0.25, -0.2) is 0 Å². The van der Waals surface area contributed by atoms with Crippen LogP contribution in [0.5, 0.6) is 0 Å². The summed E-state index contributed by atoms with van der Waals surface area (Å²) >= 11 is 0. The van der Waals surface area contributed by atoms with Gasteiger partial charge in [-0.15, -0.1) is 0 Å². The van der Waals surface area contributed by atoms with Crippen molar-refractivity contribution in [2.24, 2.45) is 0 Å². The van der Waals surface area contributed by atoms with Crippen LogP contribution in [0.15, 0.2) is 52.9 Å². The summed E-state index contributed by atoms with van der Waals surface area (Å²) in [6.45, 7) is 1.86. The predicted molar refractivity (Wildman–Crippen MR) is 110 cm³/mol. The Kier molecular flexibility index (Phi) is 4.14. The van der Waals surface area contributed by atoms with Gasteiger partial charge in [0.1, 0.15) is 11.5 Å². The molecule has 1 aliphatic carbocycles. The van der Waals surface area contributed by atoms with Crippen molar-refractivity contribution in [1.29, 1.82) is 0 Å². The van der Waals surface area contributed by atoms with Crippen LogP contribution in [0.2, 0.25) is 0 Å². The molecule has 5 rings (SSSR count). The number of nitrogens with zero attached hydrogens (tertiary/aromatic N) is 2. The van der Waals surface area contributed by atoms with Gasteiger partial charge in [0.25, 0.3) is 5.91 Å². The first-order chi connectivity index (χ1) is 14.0. The molecule has 0 fully saturated rings. The van der Waals surface area contributed by atoms with E-state index in [9.17, 15) is 9.59 Å². The predicted octanol–water partition coefficient (Wildman–Crippen LogP) is 3.75. The smallest absolute Gasteiger partial charge is 0.254 e. The molecule has 2 heterocycles. The molecule has 0 saturated heterocycles. The lowest BCUT2D eigenvalue weighted by Gasteiger charge is -2.26. The summed E-state index contributed by atoms with van der Waals surface area (Å²) < 4.78 is 5.98. The number of rotatable bonds is 3. The molecule has 0 unspecified atom stereocenters. The lowest BCUT2D eigenvalue weighted by Crippen LogP contribution is -2.35. The number of amides is 1. The van der Waals surface area contributed by atoms with E-state index in [1.54, 1.807) is 11.0 Å². The van der Waals surface area contributed by atoms with Crippen LogP contribution in [0.25, 0.3) is 11.1 Å². The highest BCUT2D eigenvalue weighted by Gasteiger charge is 2.29. The highest BCUT2D eigenvalue weighted by Crippen LogP contribution is 2.37. The van der Waals surface area contributed by atoms with Crippen LogP contribution in [-0.4, -0.2) is 42.1 Å². The zero-order valence-electron chi connectivity index (χ0n) is 16.6. The Morgan fingerprint density at radius 2 is 1.79 bits per heavy atom. The Bertz CT molecular complexity index is 1140. The first-order valence-corrected chi connectivity index (χ1v) is 9.84. The molecule has 1 amide bonds. The second-order valence-electron chi connectivity index (χ2n) is 8.01. The van der Waals surface area contributed by atoms with Gasteiger partial charge in [0.05, 0.1) is 13.1 Å². The molecule has 0 radical (unpaired) electrons. The first-order valence-electron chi connectivity index (χ1n) is 9.84. The summed E-state index contributed by atoms with van der Waals surface area (Å²) in [5, 5.41) is 0. The number of fused-ring (bicyclic) bond motifs is 4. The molecule has 0 saturated carbocycles. The van der Waals surface area contributed by atoms with E-state index in [1.807, 2.05) is 50.5 Å². The van der Waals surface area contributed by atoms with Gasteiger partial charge in [0.15, 0.2) is 5.78 Å². The zero-order chi connectivity index (χ0) is 20.1. The van der Waals surface area contributed by atoms with Gasteiger partial charge < -0.3 is 14.2 Å². The number of furan rings is 1. The molecule has 2 aliphatic rings. The summed E-state index contributed by atoms with van der Waals surface area (Å²) in [7, 11) is 4.01. The highest BCUT2D eigenvalue weighted by atomic mass is 16.3. The molecule has 1 aliphatic heterocycles. The Morgan fingerprint density at radius 1 is 1.03 bits per heavy atom. The minimum atomic E-state index is -0.0623. The fourth-order valence-corrected chi connectivity index (χ4v) is 4.29. The van der Waals surface area contributed by atoms with E-state index < -0.39 is 0 Å². The molecule has 0 atom stereocenters. The van der Waals surface area contributed by atoms with E-state index in [-0.39, 0.29) is 11.7 Å². The van der Waals surface area contributed by atoms with Gasteiger partial charge in [-0.2, -0.15) is 0 Å². The Morgan fingerprint density at radius 3 is 2.59 bits per heavy atom. The van der Waals surface area contributed by atoms with Gasteiger partial charge in [-0.1, -0.05) is 30.3 Å². The van der Waals surface area contributed by atoms with E-state index >= 15 is 0 Å². The lowest BCUT2D eigenvalue weighted by atomic mass is 10.0. The van der Waals surface area contributed by atoms with Gasteiger partial charge in [0, 0.05) is 23.2 Å². The van der Waals surface area contributed by atoms with Crippen molar-refractivity contribution in [3.05, 3.63) is 82.3 Å². The number of hydrogen-bond donors (Lipinski definition) is 0. The summed E-state index contributed by atoms with van der Waals surface area (Å²) in [6, 6.07) is 15.2. The SMILES string of the molecule is CN(C)Cc1cc2c(o1)CN(C(=O)c1ccc3c(c1)C(=O)c1ccccc1-3)CC2. The van der Waals surface area contributed by atoms with E-state index in [0.29, 0.717) is 29.8 Å². The lowest BCUT2D eigenvalue weighted by molar-refractivity contribution is 0.0718. The zero-order valence-corrected chi connectivity index (χ0v) is 16.6. The summed E-state index contributed by atoms with van der Waals surface area (Å²) in [6.07, 6.45) is 0.785. The third-order valence-electron chi connectivity index (χ3n) is 5.67. The van der Waals surface area contributed by atoms with Crippen molar-refractivity contribution >= 4 is 11.7 Å². The Balaban J connectivity index is 1.40. The fourth-order valence-electron chi connectivity index (χ4n) is 4.29. The molecule has 2 aromatic carbocycles. The van der Waals surface area contributed by atoms with Gasteiger partial charge in [-0.3, -0.25) is 9.59 Å². The first kappa shape index (κ1) is 17.9. The monoisotopic (exact) mass is 386 g/mol. The average Bonchev–Trinajstić information content (AvgIpc) is 3.24. The van der Waals surface area contributed by atoms with E-state index in [1.165, 1.54) is 5.56 Å². The Hall–Kier alpha value is -3.18. The van der Waals surface area contributed by atoms with E-state index in [4.69, 9.17) is 4.42 Å². The minimum absolute atomic E-state index is 0.00876. The van der Waals surface area contributed by atoms with Crippen LogP contribution in [0.4, 0.5) is 0 Å². The summed E-state index contributed by atoms with van der Waals surface area (Å²) in [5.74, 6) is 1.72. The second kappa shape index (κ2) is 6.71. The molecule has 29 heavy (non-hydrogen) atoms. The van der Waals surface area contributed by atoms with Gasteiger partial charge >= 0.3 is 0 Å². The molecule has 1 aromatic heterocycles. The third kappa shape index (κ3) is 2.98. The number of ketones is 1. The van der Waals surface area contributed by atoms with Crippen LogP contribution in [0.1, 0.15) is 43.4 Å².